The van der Waals surface area contributed by atoms with Crippen LogP contribution in [0.4, 0.5) is 28.0 Å². The van der Waals surface area contributed by atoms with Crippen molar-refractivity contribution in [1.29, 1.82) is 0 Å². The van der Waals surface area contributed by atoms with Crippen molar-refractivity contribution in [3.05, 3.63) is 29.1 Å². The summed E-state index contributed by atoms with van der Waals surface area (Å²) in [5, 5.41) is 4.90. The lowest BCUT2D eigenvalue weighted by Crippen LogP contribution is -2.59. The van der Waals surface area contributed by atoms with Gasteiger partial charge in [0, 0.05) is 17.7 Å². The molecule has 2 aliphatic rings. The lowest BCUT2D eigenvalue weighted by Gasteiger charge is -2.43. The fraction of sp³-hybridized carbons (Fsp3) is 0.529. The molecule has 1 unspecified atom stereocenters. The van der Waals surface area contributed by atoms with Crippen LogP contribution in [0.5, 0.6) is 0 Å². The number of halogens is 4. The Labute approximate surface area is 152 Å². The van der Waals surface area contributed by atoms with Crippen molar-refractivity contribution >= 4 is 17.6 Å². The minimum atomic E-state index is -4.62. The van der Waals surface area contributed by atoms with Crippen molar-refractivity contribution in [3.8, 4) is 0 Å². The summed E-state index contributed by atoms with van der Waals surface area (Å²) < 4.78 is 58.8. The number of amides is 3. The number of ether oxygens (including phenoxy) is 1. The molecule has 1 atom stereocenters. The third kappa shape index (κ3) is 4.00. The quantitative estimate of drug-likeness (QED) is 0.726. The van der Waals surface area contributed by atoms with E-state index < -0.39 is 42.2 Å². The summed E-state index contributed by atoms with van der Waals surface area (Å²) in [4.78, 5) is 25.1. The van der Waals surface area contributed by atoms with E-state index in [-0.39, 0.29) is 36.3 Å². The number of hydrogen-bond donors (Lipinski definition) is 2. The number of hydrogen-bond acceptors (Lipinski definition) is 3. The first-order valence-corrected chi connectivity index (χ1v) is 8.38. The number of fused-ring (bicyclic) bond motifs is 1. The van der Waals surface area contributed by atoms with Crippen molar-refractivity contribution in [1.82, 2.24) is 10.2 Å². The average Bonchev–Trinajstić information content (AvgIpc) is 2.55. The number of urea groups is 1. The van der Waals surface area contributed by atoms with Crippen LogP contribution in [0.15, 0.2) is 12.1 Å². The number of nitrogens with one attached hydrogen (secondary N) is 2. The standard InChI is InChI=1S/C17H19F4N3O3/c1-16(2)8-24(7-12(27-16)17(19,20)21)15(26)23-11-4-3-10-9(13(11)18)5-6-22-14(10)25/h3-4,12H,5-8H2,1-2H3,(H,22,25)(H,23,26). The number of carbonyl (C=O) groups is 2. The summed E-state index contributed by atoms with van der Waals surface area (Å²) >= 11 is 0. The van der Waals surface area contributed by atoms with Crippen molar-refractivity contribution in [2.75, 3.05) is 25.0 Å². The number of rotatable bonds is 1. The van der Waals surface area contributed by atoms with Crippen LogP contribution < -0.4 is 10.6 Å². The third-order valence-electron chi connectivity index (χ3n) is 4.46. The lowest BCUT2D eigenvalue weighted by atomic mass is 9.99. The van der Waals surface area contributed by atoms with Gasteiger partial charge in [0.2, 0.25) is 0 Å². The molecule has 0 bridgehead atoms. The van der Waals surface area contributed by atoms with Crippen LogP contribution in [0.25, 0.3) is 0 Å². The van der Waals surface area contributed by atoms with E-state index in [0.717, 1.165) is 4.90 Å². The van der Waals surface area contributed by atoms with Gasteiger partial charge in [-0.2, -0.15) is 13.2 Å². The fourth-order valence-corrected chi connectivity index (χ4v) is 3.27. The van der Waals surface area contributed by atoms with Gasteiger partial charge in [0.05, 0.1) is 24.4 Å². The predicted octanol–water partition coefficient (Wildman–Crippen LogP) is 2.69. The smallest absolute Gasteiger partial charge is 0.359 e. The number of benzene rings is 1. The molecule has 0 saturated carbocycles. The normalized spacial score (nSPS) is 22.1. The van der Waals surface area contributed by atoms with Crippen LogP contribution in [-0.4, -0.2) is 54.4 Å². The Bertz CT molecular complexity index is 779. The molecule has 3 rings (SSSR count). The zero-order valence-corrected chi connectivity index (χ0v) is 14.7. The van der Waals surface area contributed by atoms with E-state index in [1.807, 2.05) is 0 Å². The van der Waals surface area contributed by atoms with Crippen LogP contribution in [0.2, 0.25) is 0 Å². The summed E-state index contributed by atoms with van der Waals surface area (Å²) in [5.74, 6) is -1.16. The Morgan fingerprint density at radius 1 is 1.37 bits per heavy atom. The zero-order valence-electron chi connectivity index (χ0n) is 14.7. The van der Waals surface area contributed by atoms with Crippen LogP contribution in [-0.2, 0) is 11.2 Å². The van der Waals surface area contributed by atoms with E-state index >= 15 is 0 Å². The molecule has 27 heavy (non-hydrogen) atoms. The maximum absolute atomic E-state index is 14.7. The number of nitrogens with zero attached hydrogens (tertiary/aromatic N) is 1. The Kier molecular flexibility index (Phi) is 4.79. The molecule has 148 valence electrons. The van der Waals surface area contributed by atoms with Crippen LogP contribution in [0.3, 0.4) is 0 Å². The molecule has 0 spiro atoms. The van der Waals surface area contributed by atoms with Gasteiger partial charge in [0.1, 0.15) is 0 Å². The molecule has 10 heteroatoms. The Balaban J connectivity index is 1.80. The number of alkyl halides is 3. The molecule has 1 saturated heterocycles. The molecule has 6 nitrogen and oxygen atoms in total. The molecular weight excluding hydrogens is 370 g/mol. The first kappa shape index (κ1) is 19.4. The summed E-state index contributed by atoms with van der Waals surface area (Å²) in [7, 11) is 0. The lowest BCUT2D eigenvalue weighted by molar-refractivity contribution is -0.267. The van der Waals surface area contributed by atoms with Gasteiger partial charge in [-0.25, -0.2) is 9.18 Å². The maximum Gasteiger partial charge on any atom is 0.416 e. The molecule has 3 amide bonds. The molecule has 1 aromatic rings. The van der Waals surface area contributed by atoms with E-state index in [9.17, 15) is 27.2 Å². The topological polar surface area (TPSA) is 70.7 Å². The van der Waals surface area contributed by atoms with Crippen molar-refractivity contribution in [2.45, 2.75) is 38.1 Å². The van der Waals surface area contributed by atoms with Gasteiger partial charge in [-0.05, 0) is 32.4 Å². The molecule has 0 aliphatic carbocycles. The van der Waals surface area contributed by atoms with Crippen LogP contribution in [0.1, 0.15) is 29.8 Å². The SMILES string of the molecule is CC1(C)CN(C(=O)Nc2ccc3c(c2F)CCNC3=O)CC(C(F)(F)F)O1. The second-order valence-electron chi connectivity index (χ2n) is 7.18. The maximum atomic E-state index is 14.7. The molecule has 1 aromatic carbocycles. The van der Waals surface area contributed by atoms with Crippen LogP contribution >= 0.6 is 0 Å². The summed E-state index contributed by atoms with van der Waals surface area (Å²) in [6, 6.07) is 1.74. The Hall–Kier alpha value is -2.36. The second kappa shape index (κ2) is 6.66. The van der Waals surface area contributed by atoms with E-state index in [4.69, 9.17) is 4.74 Å². The molecular formula is C17H19F4N3O3. The highest BCUT2D eigenvalue weighted by atomic mass is 19.4. The highest BCUT2D eigenvalue weighted by molar-refractivity contribution is 5.98. The summed E-state index contributed by atoms with van der Waals surface area (Å²) in [5.41, 5.74) is -1.03. The minimum Gasteiger partial charge on any atom is -0.359 e. The van der Waals surface area contributed by atoms with E-state index in [0.29, 0.717) is 0 Å². The van der Waals surface area contributed by atoms with Crippen LogP contribution in [0, 0.1) is 5.82 Å². The molecule has 2 N–H and O–H groups in total. The molecule has 1 fully saturated rings. The highest BCUT2D eigenvalue weighted by Crippen LogP contribution is 2.32. The van der Waals surface area contributed by atoms with Gasteiger partial charge in [0.25, 0.3) is 5.91 Å². The Morgan fingerprint density at radius 2 is 2.07 bits per heavy atom. The second-order valence-corrected chi connectivity index (χ2v) is 7.18. The Morgan fingerprint density at radius 3 is 2.74 bits per heavy atom. The van der Waals surface area contributed by atoms with Gasteiger partial charge in [-0.15, -0.1) is 0 Å². The minimum absolute atomic E-state index is 0.0830. The van der Waals surface area contributed by atoms with E-state index in [1.54, 1.807) is 0 Å². The first-order chi connectivity index (χ1) is 12.5. The van der Waals surface area contributed by atoms with Crippen molar-refractivity contribution in [3.63, 3.8) is 0 Å². The fourth-order valence-electron chi connectivity index (χ4n) is 3.27. The van der Waals surface area contributed by atoms with Gasteiger partial charge in [0.15, 0.2) is 11.9 Å². The molecule has 0 aromatic heterocycles. The monoisotopic (exact) mass is 389 g/mol. The van der Waals surface area contributed by atoms with Gasteiger partial charge < -0.3 is 20.3 Å². The number of anilines is 1. The van der Waals surface area contributed by atoms with Gasteiger partial charge in [-0.1, -0.05) is 0 Å². The summed E-state index contributed by atoms with van der Waals surface area (Å²) in [6.45, 7) is 2.39. The molecule has 2 aliphatic heterocycles. The van der Waals surface area contributed by atoms with Crippen molar-refractivity contribution in [2.24, 2.45) is 0 Å². The number of morpholine rings is 1. The van der Waals surface area contributed by atoms with Gasteiger partial charge >= 0.3 is 12.2 Å². The average molecular weight is 389 g/mol. The summed E-state index contributed by atoms with van der Waals surface area (Å²) in [6.07, 6.45) is -6.48. The first-order valence-electron chi connectivity index (χ1n) is 8.38. The molecule has 2 heterocycles. The van der Waals surface area contributed by atoms with Crippen molar-refractivity contribution < 1.29 is 31.9 Å². The predicted molar refractivity (Wildman–Crippen MR) is 88.0 cm³/mol. The molecule has 0 radical (unpaired) electrons. The van der Waals surface area contributed by atoms with Gasteiger partial charge in [-0.3, -0.25) is 4.79 Å². The van der Waals surface area contributed by atoms with E-state index in [1.165, 1.54) is 26.0 Å². The third-order valence-corrected chi connectivity index (χ3v) is 4.46. The highest BCUT2D eigenvalue weighted by Gasteiger charge is 2.49. The van der Waals surface area contributed by atoms with E-state index in [2.05, 4.69) is 10.6 Å². The zero-order chi connectivity index (χ0) is 20.0. The number of carbonyl (C=O) groups excluding carboxylic acids is 2. The largest absolute Gasteiger partial charge is 0.416 e.